The molecule has 0 saturated carbocycles. The summed E-state index contributed by atoms with van der Waals surface area (Å²) < 4.78 is -0.0590. The van der Waals surface area contributed by atoms with Gasteiger partial charge >= 0.3 is 0 Å². The maximum absolute atomic E-state index is 4.24. The van der Waals surface area contributed by atoms with E-state index < -0.39 is 0 Å². The van der Waals surface area contributed by atoms with Crippen molar-refractivity contribution >= 4 is 34.2 Å². The van der Waals surface area contributed by atoms with E-state index in [1.54, 1.807) is 18.1 Å². The minimum atomic E-state index is -0.0590. The zero-order valence-corrected chi connectivity index (χ0v) is 10.3. The highest BCUT2D eigenvalue weighted by atomic mass is 33.1. The van der Waals surface area contributed by atoms with E-state index in [1.807, 2.05) is 12.3 Å². The number of rotatable bonds is 3. The Morgan fingerprint density at radius 3 is 2.62 bits per heavy atom. The second-order valence-corrected chi connectivity index (χ2v) is 5.62. The highest BCUT2D eigenvalue weighted by Gasteiger charge is 2.21. The Morgan fingerprint density at radius 2 is 2.08 bits per heavy atom. The smallest absolute Gasteiger partial charge is 0.117 e. The zero-order valence-electron chi connectivity index (χ0n) is 7.81. The van der Waals surface area contributed by atoms with Gasteiger partial charge < -0.3 is 0 Å². The summed E-state index contributed by atoms with van der Waals surface area (Å²) >= 11 is 5.85. The van der Waals surface area contributed by atoms with Crippen molar-refractivity contribution in [1.82, 2.24) is 9.97 Å². The van der Waals surface area contributed by atoms with Crippen LogP contribution >= 0.6 is 34.2 Å². The van der Waals surface area contributed by atoms with Gasteiger partial charge in [-0.1, -0.05) is 10.8 Å². The first-order valence-electron chi connectivity index (χ1n) is 3.79. The van der Waals surface area contributed by atoms with Crippen molar-refractivity contribution < 1.29 is 0 Å². The molecule has 72 valence electrons. The van der Waals surface area contributed by atoms with Gasteiger partial charge in [-0.05, 0) is 26.2 Å². The van der Waals surface area contributed by atoms with Crippen LogP contribution in [0.2, 0.25) is 0 Å². The number of nitrogens with zero attached hydrogens (tertiary/aromatic N) is 2. The standard InChI is InChI=1S/C8H12N2S3/c1-8(2,13-11)6-4-7(12-3)10-5-9-6/h4-5,11H,1-3H3. The van der Waals surface area contributed by atoms with Crippen molar-refractivity contribution in [3.05, 3.63) is 18.1 Å². The van der Waals surface area contributed by atoms with Crippen molar-refractivity contribution in [2.75, 3.05) is 6.26 Å². The van der Waals surface area contributed by atoms with Gasteiger partial charge in [0.05, 0.1) is 15.5 Å². The highest BCUT2D eigenvalue weighted by Crippen LogP contribution is 2.37. The summed E-state index contributed by atoms with van der Waals surface area (Å²) in [7, 11) is 1.49. The Kier molecular flexibility index (Phi) is 3.94. The Hall–Kier alpha value is 0.130. The molecule has 1 rings (SSSR count). The minimum absolute atomic E-state index is 0.0590. The molecule has 13 heavy (non-hydrogen) atoms. The van der Waals surface area contributed by atoms with Gasteiger partial charge in [0, 0.05) is 0 Å². The van der Waals surface area contributed by atoms with Gasteiger partial charge in [-0.2, -0.15) is 0 Å². The van der Waals surface area contributed by atoms with Crippen molar-refractivity contribution in [2.24, 2.45) is 0 Å². The molecule has 1 aromatic heterocycles. The Morgan fingerprint density at radius 1 is 1.38 bits per heavy atom. The van der Waals surface area contributed by atoms with Crippen molar-refractivity contribution in [3.8, 4) is 0 Å². The van der Waals surface area contributed by atoms with Crippen LogP contribution in [0.3, 0.4) is 0 Å². The van der Waals surface area contributed by atoms with E-state index in [0.717, 1.165) is 10.7 Å². The molecule has 0 fully saturated rings. The van der Waals surface area contributed by atoms with Crippen LogP contribution in [-0.4, -0.2) is 16.2 Å². The second-order valence-electron chi connectivity index (χ2n) is 3.05. The van der Waals surface area contributed by atoms with Gasteiger partial charge in [0.1, 0.15) is 6.33 Å². The molecule has 0 aliphatic carbocycles. The summed E-state index contributed by atoms with van der Waals surface area (Å²) in [6.45, 7) is 4.19. The molecule has 0 bridgehead atoms. The molecule has 0 radical (unpaired) electrons. The third-order valence-corrected chi connectivity index (χ3v) is 4.37. The Labute approximate surface area is 92.1 Å². The van der Waals surface area contributed by atoms with Crippen LogP contribution in [-0.2, 0) is 4.75 Å². The molecule has 0 spiro atoms. The van der Waals surface area contributed by atoms with Gasteiger partial charge in [0.15, 0.2) is 0 Å². The summed E-state index contributed by atoms with van der Waals surface area (Å²) in [6.07, 6.45) is 3.61. The van der Waals surface area contributed by atoms with Crippen LogP contribution < -0.4 is 0 Å². The molecule has 0 saturated heterocycles. The quantitative estimate of drug-likeness (QED) is 0.375. The maximum Gasteiger partial charge on any atom is 0.117 e. The average Bonchev–Trinajstić information content (AvgIpc) is 2.18. The lowest BCUT2D eigenvalue weighted by Gasteiger charge is -2.19. The first-order valence-corrected chi connectivity index (χ1v) is 6.88. The van der Waals surface area contributed by atoms with Crippen LogP contribution in [0.15, 0.2) is 17.4 Å². The zero-order chi connectivity index (χ0) is 9.90. The van der Waals surface area contributed by atoms with Crippen molar-refractivity contribution in [3.63, 3.8) is 0 Å². The van der Waals surface area contributed by atoms with E-state index in [4.69, 9.17) is 0 Å². The Balaban J connectivity index is 3.01. The molecule has 0 N–H and O–H groups in total. The molecule has 5 heteroatoms. The third kappa shape index (κ3) is 2.79. The van der Waals surface area contributed by atoms with E-state index in [1.165, 1.54) is 10.8 Å². The van der Waals surface area contributed by atoms with Crippen molar-refractivity contribution in [1.29, 1.82) is 0 Å². The topological polar surface area (TPSA) is 25.8 Å². The van der Waals surface area contributed by atoms with E-state index >= 15 is 0 Å². The lowest BCUT2D eigenvalue weighted by atomic mass is 10.1. The third-order valence-electron chi connectivity index (χ3n) is 1.70. The average molecular weight is 232 g/mol. The molecular formula is C8H12N2S3. The van der Waals surface area contributed by atoms with Crippen LogP contribution in [0.25, 0.3) is 0 Å². The van der Waals surface area contributed by atoms with E-state index in [0.29, 0.717) is 0 Å². The van der Waals surface area contributed by atoms with Crippen LogP contribution in [0, 0.1) is 0 Å². The van der Waals surface area contributed by atoms with Gasteiger partial charge in [-0.3, -0.25) is 0 Å². The second kappa shape index (κ2) is 4.57. The number of thioether (sulfide) groups is 1. The lowest BCUT2D eigenvalue weighted by molar-refractivity contribution is 0.738. The minimum Gasteiger partial charge on any atom is -0.240 e. The lowest BCUT2D eigenvalue weighted by Crippen LogP contribution is -2.12. The first-order chi connectivity index (χ1) is 6.10. The molecule has 0 aliphatic rings. The molecule has 0 aliphatic heterocycles. The normalized spacial score (nSPS) is 11.7. The highest BCUT2D eigenvalue weighted by molar-refractivity contribution is 8.68. The molecule has 2 nitrogen and oxygen atoms in total. The van der Waals surface area contributed by atoms with Gasteiger partial charge in [-0.15, -0.1) is 23.4 Å². The van der Waals surface area contributed by atoms with E-state index in [-0.39, 0.29) is 4.75 Å². The molecule has 1 heterocycles. The van der Waals surface area contributed by atoms with E-state index in [2.05, 4.69) is 35.5 Å². The van der Waals surface area contributed by atoms with Crippen molar-refractivity contribution in [2.45, 2.75) is 23.6 Å². The number of aromatic nitrogens is 2. The fourth-order valence-electron chi connectivity index (χ4n) is 0.827. The summed E-state index contributed by atoms with van der Waals surface area (Å²) in [5.41, 5.74) is 1.02. The fourth-order valence-corrected chi connectivity index (χ4v) is 1.69. The van der Waals surface area contributed by atoms with Crippen LogP contribution in [0.5, 0.6) is 0 Å². The number of thiol groups is 1. The van der Waals surface area contributed by atoms with Gasteiger partial charge in [-0.25, -0.2) is 9.97 Å². The van der Waals surface area contributed by atoms with Crippen LogP contribution in [0.1, 0.15) is 19.5 Å². The first kappa shape index (κ1) is 11.2. The molecule has 1 aromatic rings. The maximum atomic E-state index is 4.24. The number of hydrogen-bond acceptors (Lipinski definition) is 5. The molecule has 0 atom stereocenters. The molecular weight excluding hydrogens is 220 g/mol. The van der Waals surface area contributed by atoms with Gasteiger partial charge in [0.2, 0.25) is 0 Å². The monoisotopic (exact) mass is 232 g/mol. The summed E-state index contributed by atoms with van der Waals surface area (Å²) in [5.74, 6) is 0. The summed E-state index contributed by atoms with van der Waals surface area (Å²) in [4.78, 5) is 8.36. The molecule has 0 unspecified atom stereocenters. The van der Waals surface area contributed by atoms with Gasteiger partial charge in [0.25, 0.3) is 0 Å². The SMILES string of the molecule is CSc1cc(C(C)(C)SS)ncn1. The summed E-state index contributed by atoms with van der Waals surface area (Å²) in [6, 6.07) is 2.01. The van der Waals surface area contributed by atoms with E-state index in [9.17, 15) is 0 Å². The molecule has 0 aromatic carbocycles. The summed E-state index contributed by atoms with van der Waals surface area (Å²) in [5, 5.41) is 1.00. The predicted octanol–water partition coefficient (Wildman–Crippen LogP) is 3.01. The number of hydrogen-bond donors (Lipinski definition) is 1. The fraction of sp³-hybridized carbons (Fsp3) is 0.500. The molecule has 0 amide bonds. The predicted molar refractivity (Wildman–Crippen MR) is 63.4 cm³/mol. The largest absolute Gasteiger partial charge is 0.240 e. The Bertz CT molecular complexity index is 288. The van der Waals surface area contributed by atoms with Crippen LogP contribution in [0.4, 0.5) is 0 Å².